The molecule has 4 nitrogen and oxygen atoms in total. The van der Waals surface area contributed by atoms with Gasteiger partial charge in [-0.1, -0.05) is 19.4 Å². The van der Waals surface area contributed by atoms with Gasteiger partial charge in [0.1, 0.15) is 5.78 Å². The van der Waals surface area contributed by atoms with Crippen LogP contribution in [-0.4, -0.2) is 34.0 Å². The van der Waals surface area contributed by atoms with Gasteiger partial charge in [0.05, 0.1) is 12.2 Å². The van der Waals surface area contributed by atoms with Crippen molar-refractivity contribution in [1.29, 1.82) is 0 Å². The van der Waals surface area contributed by atoms with E-state index >= 15 is 0 Å². The van der Waals surface area contributed by atoms with E-state index in [1.807, 2.05) is 0 Å². The smallest absolute Gasteiger partial charge is 0.155 e. The van der Waals surface area contributed by atoms with E-state index in [-0.39, 0.29) is 46.1 Å². The summed E-state index contributed by atoms with van der Waals surface area (Å²) in [7, 11) is 0. The molecule has 138 valence electrons. The molecule has 0 radical (unpaired) electrons. The first-order valence-electron chi connectivity index (χ1n) is 9.79. The molecule has 0 aromatic heterocycles. The first-order valence-corrected chi connectivity index (χ1v) is 9.79. The molecule has 0 aromatic carbocycles. The monoisotopic (exact) mass is 346 g/mol. The molecule has 8 unspecified atom stereocenters. The highest BCUT2D eigenvalue weighted by Crippen LogP contribution is 2.66. The Morgan fingerprint density at radius 1 is 1.20 bits per heavy atom. The number of hydrogen-bond donors (Lipinski definition) is 2. The number of aliphatic hydroxyl groups is 2. The Morgan fingerprint density at radius 3 is 2.60 bits per heavy atom. The Bertz CT molecular complexity index is 652. The molecule has 0 saturated heterocycles. The highest BCUT2D eigenvalue weighted by molar-refractivity contribution is 5.91. The predicted molar refractivity (Wildman–Crippen MR) is 93.7 cm³/mol. The topological polar surface area (TPSA) is 74.6 Å². The molecule has 3 saturated carbocycles. The summed E-state index contributed by atoms with van der Waals surface area (Å²) < 4.78 is 0. The summed E-state index contributed by atoms with van der Waals surface area (Å²) >= 11 is 0. The number of ketones is 2. The van der Waals surface area contributed by atoms with Crippen molar-refractivity contribution < 1.29 is 19.8 Å². The van der Waals surface area contributed by atoms with E-state index in [0.29, 0.717) is 19.3 Å². The average Bonchev–Trinajstić information content (AvgIpc) is 2.85. The van der Waals surface area contributed by atoms with Crippen LogP contribution in [0.2, 0.25) is 0 Å². The zero-order valence-corrected chi connectivity index (χ0v) is 15.5. The first kappa shape index (κ1) is 17.4. The van der Waals surface area contributed by atoms with Gasteiger partial charge in [-0.05, 0) is 73.7 Å². The Balaban J connectivity index is 1.77. The molecule has 8 atom stereocenters. The molecule has 4 aliphatic rings. The normalized spacial score (nSPS) is 52.0. The predicted octanol–water partition coefficient (Wildman–Crippen LogP) is 2.67. The second-order valence-corrected chi connectivity index (χ2v) is 9.55. The van der Waals surface area contributed by atoms with Crippen molar-refractivity contribution in [2.24, 2.45) is 34.5 Å². The maximum atomic E-state index is 12.2. The van der Waals surface area contributed by atoms with Crippen LogP contribution in [0.15, 0.2) is 11.6 Å². The molecule has 4 aliphatic carbocycles. The van der Waals surface area contributed by atoms with Gasteiger partial charge in [0, 0.05) is 12.3 Å². The first-order chi connectivity index (χ1) is 11.7. The average molecular weight is 346 g/mol. The zero-order valence-electron chi connectivity index (χ0n) is 15.5. The number of aliphatic hydroxyl groups excluding tert-OH is 2. The third-order valence-corrected chi connectivity index (χ3v) is 8.41. The molecule has 3 fully saturated rings. The summed E-state index contributed by atoms with van der Waals surface area (Å²) in [5.74, 6) is 0.647. The fourth-order valence-corrected chi connectivity index (χ4v) is 7.31. The summed E-state index contributed by atoms with van der Waals surface area (Å²) in [6.07, 6.45) is 4.97. The Kier molecular flexibility index (Phi) is 3.83. The largest absolute Gasteiger partial charge is 0.393 e. The summed E-state index contributed by atoms with van der Waals surface area (Å²) in [6.45, 7) is 6.00. The van der Waals surface area contributed by atoms with Crippen molar-refractivity contribution in [3.05, 3.63) is 11.6 Å². The second-order valence-electron chi connectivity index (χ2n) is 9.55. The van der Waals surface area contributed by atoms with E-state index in [1.54, 1.807) is 13.0 Å². The molecule has 0 spiro atoms. The standard InChI is InChI=1S/C21H30O4/c1-11(22)14-4-5-15-18-16(24)9-12-8-13(23)6-7-20(12,2)19(18)17(25)10-21(14,15)3/h8,14-19,24-25H,4-7,9-10H2,1-3H3. The van der Waals surface area contributed by atoms with Gasteiger partial charge in [0.15, 0.2) is 5.78 Å². The molecule has 0 amide bonds. The van der Waals surface area contributed by atoms with Crippen LogP contribution in [0.3, 0.4) is 0 Å². The van der Waals surface area contributed by atoms with Crippen LogP contribution < -0.4 is 0 Å². The van der Waals surface area contributed by atoms with E-state index in [1.165, 1.54) is 0 Å². The van der Waals surface area contributed by atoms with Crippen molar-refractivity contribution >= 4 is 11.6 Å². The molecule has 0 aromatic rings. The zero-order chi connectivity index (χ0) is 18.1. The Morgan fingerprint density at radius 2 is 1.92 bits per heavy atom. The Labute approximate surface area is 149 Å². The van der Waals surface area contributed by atoms with Crippen molar-refractivity contribution in [2.75, 3.05) is 0 Å². The number of Topliss-reactive ketones (excluding diaryl/α,β-unsaturated/α-hetero) is 1. The maximum absolute atomic E-state index is 12.2. The highest BCUT2D eigenvalue weighted by Gasteiger charge is 2.64. The van der Waals surface area contributed by atoms with Crippen molar-refractivity contribution in [2.45, 2.75) is 71.5 Å². The number of fused-ring (bicyclic) bond motifs is 5. The van der Waals surface area contributed by atoms with Gasteiger partial charge in [-0.15, -0.1) is 0 Å². The highest BCUT2D eigenvalue weighted by atomic mass is 16.3. The van der Waals surface area contributed by atoms with E-state index in [9.17, 15) is 19.8 Å². The molecule has 4 rings (SSSR count). The van der Waals surface area contributed by atoms with Crippen LogP contribution in [0.1, 0.15) is 59.3 Å². The lowest BCUT2D eigenvalue weighted by Crippen LogP contribution is -2.60. The minimum atomic E-state index is -0.528. The summed E-state index contributed by atoms with van der Waals surface area (Å²) in [5.41, 5.74) is 0.615. The van der Waals surface area contributed by atoms with Gasteiger partial charge in [-0.3, -0.25) is 9.59 Å². The number of carbonyl (C=O) groups excluding carboxylic acids is 2. The van der Waals surface area contributed by atoms with E-state index < -0.39 is 12.2 Å². The maximum Gasteiger partial charge on any atom is 0.155 e. The summed E-state index contributed by atoms with van der Waals surface area (Å²) in [6, 6.07) is 0. The summed E-state index contributed by atoms with van der Waals surface area (Å²) in [5, 5.41) is 22.2. The van der Waals surface area contributed by atoms with E-state index in [2.05, 4.69) is 13.8 Å². The van der Waals surface area contributed by atoms with Gasteiger partial charge in [-0.25, -0.2) is 0 Å². The molecule has 4 heteroatoms. The van der Waals surface area contributed by atoms with Crippen LogP contribution in [-0.2, 0) is 9.59 Å². The molecule has 25 heavy (non-hydrogen) atoms. The van der Waals surface area contributed by atoms with Crippen LogP contribution >= 0.6 is 0 Å². The lowest BCUT2D eigenvalue weighted by Gasteiger charge is -2.61. The fraction of sp³-hybridized carbons (Fsp3) is 0.810. The van der Waals surface area contributed by atoms with Crippen LogP contribution in [0.4, 0.5) is 0 Å². The van der Waals surface area contributed by atoms with Crippen LogP contribution in [0, 0.1) is 34.5 Å². The van der Waals surface area contributed by atoms with E-state index in [4.69, 9.17) is 0 Å². The minimum absolute atomic E-state index is 0.00187. The second kappa shape index (κ2) is 5.50. The molecule has 0 heterocycles. The number of hydrogen-bond acceptors (Lipinski definition) is 4. The van der Waals surface area contributed by atoms with Gasteiger partial charge in [-0.2, -0.15) is 0 Å². The van der Waals surface area contributed by atoms with Crippen LogP contribution in [0.25, 0.3) is 0 Å². The molecular formula is C21H30O4. The lowest BCUT2D eigenvalue weighted by atomic mass is 9.45. The SMILES string of the molecule is CC(=O)C1CCC2C3C(O)CC4=CC(=O)CCC4(C)C3C(O)CC12C. The lowest BCUT2D eigenvalue weighted by molar-refractivity contribution is -0.167. The fourth-order valence-electron chi connectivity index (χ4n) is 7.31. The minimum Gasteiger partial charge on any atom is -0.393 e. The molecule has 2 N–H and O–H groups in total. The molecule has 0 bridgehead atoms. The van der Waals surface area contributed by atoms with Crippen LogP contribution in [0.5, 0.6) is 0 Å². The van der Waals surface area contributed by atoms with Crippen molar-refractivity contribution in [3.8, 4) is 0 Å². The van der Waals surface area contributed by atoms with Crippen molar-refractivity contribution in [3.63, 3.8) is 0 Å². The Hall–Kier alpha value is -1.00. The summed E-state index contributed by atoms with van der Waals surface area (Å²) in [4.78, 5) is 24.1. The van der Waals surface area contributed by atoms with Crippen molar-refractivity contribution in [1.82, 2.24) is 0 Å². The third-order valence-electron chi connectivity index (χ3n) is 8.41. The molecule has 0 aliphatic heterocycles. The van der Waals surface area contributed by atoms with Gasteiger partial charge < -0.3 is 10.2 Å². The number of carbonyl (C=O) groups is 2. The van der Waals surface area contributed by atoms with Gasteiger partial charge in [0.2, 0.25) is 0 Å². The van der Waals surface area contributed by atoms with E-state index in [0.717, 1.165) is 24.8 Å². The number of rotatable bonds is 1. The quantitative estimate of drug-likeness (QED) is 0.765. The van der Waals surface area contributed by atoms with Gasteiger partial charge in [0.25, 0.3) is 0 Å². The molecular weight excluding hydrogens is 316 g/mol. The van der Waals surface area contributed by atoms with Gasteiger partial charge >= 0.3 is 0 Å². The third kappa shape index (κ3) is 2.26.